The molecule has 1 aromatic rings. The first-order valence-electron chi connectivity index (χ1n) is 8.27. The Morgan fingerprint density at radius 1 is 1.18 bits per heavy atom. The molecule has 0 bridgehead atoms. The second-order valence-corrected chi connectivity index (χ2v) is 6.21. The molecule has 2 aliphatic rings. The van der Waals surface area contributed by atoms with E-state index in [-0.39, 0.29) is 11.8 Å². The molecule has 1 aliphatic carbocycles. The van der Waals surface area contributed by atoms with Crippen molar-refractivity contribution in [1.82, 2.24) is 5.32 Å². The van der Waals surface area contributed by atoms with Crippen molar-refractivity contribution in [2.45, 2.75) is 56.4 Å². The molecule has 0 radical (unpaired) electrons. The molecule has 4 heteroatoms. The quantitative estimate of drug-likeness (QED) is 0.906. The SMILES string of the molecule is N#CCCC(NC1CCC2(CC1)OCCO2)c1ccccc1. The molecule has 118 valence electrons. The predicted octanol–water partition coefficient (Wildman–Crippen LogP) is 3.31. The first-order valence-corrected chi connectivity index (χ1v) is 8.27. The van der Waals surface area contributed by atoms with Gasteiger partial charge in [0, 0.05) is 31.3 Å². The summed E-state index contributed by atoms with van der Waals surface area (Å²) in [6.07, 6.45) is 5.49. The number of ether oxygens (including phenoxy) is 2. The van der Waals surface area contributed by atoms with Crippen molar-refractivity contribution in [2.75, 3.05) is 13.2 Å². The third-order valence-electron chi connectivity index (χ3n) is 4.74. The molecule has 1 spiro atoms. The fourth-order valence-corrected chi connectivity index (χ4v) is 3.53. The van der Waals surface area contributed by atoms with Gasteiger partial charge in [0.05, 0.1) is 19.3 Å². The highest BCUT2D eigenvalue weighted by Gasteiger charge is 2.40. The molecule has 1 unspecified atom stereocenters. The van der Waals surface area contributed by atoms with Crippen LogP contribution in [0.25, 0.3) is 0 Å². The number of benzene rings is 1. The van der Waals surface area contributed by atoms with E-state index in [1.54, 1.807) is 0 Å². The Bertz CT molecular complexity index is 496. The summed E-state index contributed by atoms with van der Waals surface area (Å²) in [6, 6.07) is 13.4. The smallest absolute Gasteiger partial charge is 0.168 e. The van der Waals surface area contributed by atoms with E-state index in [1.807, 2.05) is 6.07 Å². The molecule has 1 saturated heterocycles. The zero-order chi connectivity index (χ0) is 15.3. The van der Waals surface area contributed by atoms with Crippen LogP contribution >= 0.6 is 0 Å². The van der Waals surface area contributed by atoms with E-state index in [0.29, 0.717) is 12.5 Å². The Balaban J connectivity index is 1.58. The summed E-state index contributed by atoms with van der Waals surface area (Å²) in [6.45, 7) is 1.46. The van der Waals surface area contributed by atoms with Crippen molar-refractivity contribution in [3.8, 4) is 6.07 Å². The van der Waals surface area contributed by atoms with E-state index < -0.39 is 0 Å². The number of nitrogens with one attached hydrogen (secondary N) is 1. The van der Waals surface area contributed by atoms with Crippen LogP contribution in [0.3, 0.4) is 0 Å². The molecule has 0 amide bonds. The lowest BCUT2D eigenvalue weighted by molar-refractivity contribution is -0.179. The zero-order valence-electron chi connectivity index (χ0n) is 13.0. The van der Waals surface area contributed by atoms with Crippen LogP contribution in [-0.2, 0) is 9.47 Å². The van der Waals surface area contributed by atoms with Gasteiger partial charge in [0.15, 0.2) is 5.79 Å². The van der Waals surface area contributed by atoms with E-state index in [1.165, 1.54) is 5.56 Å². The molecule has 22 heavy (non-hydrogen) atoms. The standard InChI is InChI=1S/C18H24N2O2/c19-12-4-7-17(15-5-2-1-3-6-15)20-16-8-10-18(11-9-16)21-13-14-22-18/h1-3,5-6,16-17,20H,4,7-11,13-14H2. The predicted molar refractivity (Wildman–Crippen MR) is 84.1 cm³/mol. The molecule has 1 saturated carbocycles. The lowest BCUT2D eigenvalue weighted by Gasteiger charge is -2.37. The highest BCUT2D eigenvalue weighted by molar-refractivity contribution is 5.19. The van der Waals surface area contributed by atoms with Gasteiger partial charge < -0.3 is 14.8 Å². The minimum absolute atomic E-state index is 0.255. The van der Waals surface area contributed by atoms with Gasteiger partial charge >= 0.3 is 0 Å². The maximum absolute atomic E-state index is 8.90. The van der Waals surface area contributed by atoms with Crippen molar-refractivity contribution < 1.29 is 9.47 Å². The van der Waals surface area contributed by atoms with Gasteiger partial charge in [-0.1, -0.05) is 30.3 Å². The number of nitriles is 1. The molecule has 4 nitrogen and oxygen atoms in total. The second kappa shape index (κ2) is 7.23. The normalized spacial score (nSPS) is 22.5. The minimum Gasteiger partial charge on any atom is -0.348 e. The van der Waals surface area contributed by atoms with Gasteiger partial charge in [-0.3, -0.25) is 0 Å². The molecule has 1 heterocycles. The largest absolute Gasteiger partial charge is 0.348 e. The zero-order valence-corrected chi connectivity index (χ0v) is 13.0. The summed E-state index contributed by atoms with van der Waals surface area (Å²) in [5.41, 5.74) is 1.27. The van der Waals surface area contributed by atoms with E-state index in [2.05, 4.69) is 35.7 Å². The topological polar surface area (TPSA) is 54.3 Å². The third kappa shape index (κ3) is 3.67. The van der Waals surface area contributed by atoms with Crippen LogP contribution in [0.2, 0.25) is 0 Å². The van der Waals surface area contributed by atoms with Gasteiger partial charge in [-0.2, -0.15) is 5.26 Å². The molecular weight excluding hydrogens is 276 g/mol. The van der Waals surface area contributed by atoms with Crippen LogP contribution in [0.1, 0.15) is 50.1 Å². The lowest BCUT2D eigenvalue weighted by Crippen LogP contribution is -2.43. The van der Waals surface area contributed by atoms with E-state index in [4.69, 9.17) is 14.7 Å². The van der Waals surface area contributed by atoms with Crippen LogP contribution in [0.5, 0.6) is 0 Å². The van der Waals surface area contributed by atoms with E-state index in [0.717, 1.165) is 45.3 Å². The maximum Gasteiger partial charge on any atom is 0.168 e. The number of hydrogen-bond donors (Lipinski definition) is 1. The van der Waals surface area contributed by atoms with E-state index in [9.17, 15) is 0 Å². The Kier molecular flexibility index (Phi) is 5.09. The van der Waals surface area contributed by atoms with Crippen molar-refractivity contribution in [1.29, 1.82) is 5.26 Å². The van der Waals surface area contributed by atoms with Gasteiger partial charge in [0.1, 0.15) is 0 Å². The van der Waals surface area contributed by atoms with Crippen molar-refractivity contribution in [3.63, 3.8) is 0 Å². The van der Waals surface area contributed by atoms with Crippen molar-refractivity contribution >= 4 is 0 Å². The van der Waals surface area contributed by atoms with Crippen LogP contribution in [-0.4, -0.2) is 25.0 Å². The Morgan fingerprint density at radius 2 is 1.86 bits per heavy atom. The molecule has 1 atom stereocenters. The average molecular weight is 300 g/mol. The van der Waals surface area contributed by atoms with E-state index >= 15 is 0 Å². The summed E-state index contributed by atoms with van der Waals surface area (Å²) in [7, 11) is 0. The van der Waals surface area contributed by atoms with Crippen LogP contribution in [0.15, 0.2) is 30.3 Å². The summed E-state index contributed by atoms with van der Waals surface area (Å²) in [4.78, 5) is 0. The van der Waals surface area contributed by atoms with Gasteiger partial charge in [-0.05, 0) is 24.8 Å². The lowest BCUT2D eigenvalue weighted by atomic mass is 9.88. The average Bonchev–Trinajstić information content (AvgIpc) is 3.02. The van der Waals surface area contributed by atoms with Crippen molar-refractivity contribution in [3.05, 3.63) is 35.9 Å². The summed E-state index contributed by atoms with van der Waals surface area (Å²) >= 11 is 0. The first kappa shape index (κ1) is 15.5. The molecule has 1 aliphatic heterocycles. The van der Waals surface area contributed by atoms with Crippen LogP contribution < -0.4 is 5.32 Å². The fourth-order valence-electron chi connectivity index (χ4n) is 3.53. The number of rotatable bonds is 5. The van der Waals surface area contributed by atoms with Gasteiger partial charge in [0.2, 0.25) is 0 Å². The monoisotopic (exact) mass is 300 g/mol. The summed E-state index contributed by atoms with van der Waals surface area (Å²) < 4.78 is 11.6. The first-order chi connectivity index (χ1) is 10.8. The number of hydrogen-bond acceptors (Lipinski definition) is 4. The van der Waals surface area contributed by atoms with Crippen LogP contribution in [0, 0.1) is 11.3 Å². The Morgan fingerprint density at radius 3 is 2.50 bits per heavy atom. The Hall–Kier alpha value is -1.41. The molecule has 2 fully saturated rings. The molecular formula is C18H24N2O2. The highest BCUT2D eigenvalue weighted by atomic mass is 16.7. The van der Waals surface area contributed by atoms with Crippen LogP contribution in [0.4, 0.5) is 0 Å². The van der Waals surface area contributed by atoms with Crippen molar-refractivity contribution in [2.24, 2.45) is 0 Å². The van der Waals surface area contributed by atoms with Gasteiger partial charge in [-0.25, -0.2) is 0 Å². The molecule has 1 aromatic carbocycles. The number of nitrogens with zero attached hydrogens (tertiary/aromatic N) is 1. The summed E-state index contributed by atoms with van der Waals surface area (Å²) in [5, 5.41) is 12.6. The summed E-state index contributed by atoms with van der Waals surface area (Å²) in [5.74, 6) is -0.299. The molecule has 1 N–H and O–H groups in total. The fraction of sp³-hybridized carbons (Fsp3) is 0.611. The minimum atomic E-state index is -0.299. The third-order valence-corrected chi connectivity index (χ3v) is 4.74. The molecule has 0 aromatic heterocycles. The Labute approximate surface area is 132 Å². The maximum atomic E-state index is 8.90. The second-order valence-electron chi connectivity index (χ2n) is 6.21. The van der Waals surface area contributed by atoms with Gasteiger partial charge in [0.25, 0.3) is 0 Å². The highest BCUT2D eigenvalue weighted by Crippen LogP contribution is 2.36. The van der Waals surface area contributed by atoms with Gasteiger partial charge in [-0.15, -0.1) is 0 Å². The molecule has 3 rings (SSSR count).